The van der Waals surface area contributed by atoms with Crippen molar-refractivity contribution >= 4 is 11.6 Å². The fraction of sp³-hybridized carbons (Fsp3) is 0.625. The summed E-state index contributed by atoms with van der Waals surface area (Å²) in [7, 11) is 1.66. The molecule has 0 fully saturated rings. The maximum Gasteiger partial charge on any atom is 0.137 e. The first-order valence-corrected chi connectivity index (χ1v) is 7.79. The summed E-state index contributed by atoms with van der Waals surface area (Å²) in [4.78, 5) is 0. The molecular weight excluding hydrogens is 290 g/mol. The lowest BCUT2D eigenvalue weighted by Gasteiger charge is -2.15. The zero-order valence-electron chi connectivity index (χ0n) is 13.2. The van der Waals surface area contributed by atoms with Crippen LogP contribution in [0.15, 0.2) is 18.2 Å². The maximum atomic E-state index is 6.25. The summed E-state index contributed by atoms with van der Waals surface area (Å²) >= 11 is 6.25. The molecule has 0 heterocycles. The third-order valence-electron chi connectivity index (χ3n) is 3.09. The van der Waals surface area contributed by atoms with Crippen LogP contribution in [0.25, 0.3) is 0 Å². The Morgan fingerprint density at radius 1 is 1.19 bits per heavy atom. The quantitative estimate of drug-likeness (QED) is 0.635. The van der Waals surface area contributed by atoms with Crippen molar-refractivity contribution in [3.05, 3.63) is 28.8 Å². The van der Waals surface area contributed by atoms with Gasteiger partial charge in [-0.05, 0) is 31.2 Å². The zero-order chi connectivity index (χ0) is 15.5. The monoisotopic (exact) mass is 315 g/mol. The third-order valence-corrected chi connectivity index (χ3v) is 3.38. The van der Waals surface area contributed by atoms with Crippen molar-refractivity contribution < 1.29 is 14.2 Å². The van der Waals surface area contributed by atoms with E-state index in [9.17, 15) is 0 Å². The van der Waals surface area contributed by atoms with Crippen molar-refractivity contribution in [3.8, 4) is 5.75 Å². The normalized spacial score (nSPS) is 12.4. The second-order valence-corrected chi connectivity index (χ2v) is 5.18. The number of hydrogen-bond acceptors (Lipinski definition) is 4. The van der Waals surface area contributed by atoms with Gasteiger partial charge in [-0.25, -0.2) is 0 Å². The molecule has 0 aliphatic rings. The van der Waals surface area contributed by atoms with Crippen molar-refractivity contribution in [2.75, 3.05) is 40.1 Å². The Kier molecular flexibility index (Phi) is 9.42. The highest BCUT2D eigenvalue weighted by molar-refractivity contribution is 6.32. The molecule has 0 aliphatic heterocycles. The molecule has 0 saturated heterocycles. The molecule has 4 nitrogen and oxygen atoms in total. The standard InChI is InChI=1S/C16H26ClNO3/c1-4-18-13(2)14-6-7-16(15(17)12-14)21-9-5-8-20-11-10-19-3/h6-7,12-13,18H,4-5,8-11H2,1-3H3. The number of nitrogens with one attached hydrogen (secondary N) is 1. The summed E-state index contributed by atoms with van der Waals surface area (Å²) in [6.45, 7) is 7.63. The van der Waals surface area contributed by atoms with Crippen LogP contribution in [0.4, 0.5) is 0 Å². The molecule has 1 aromatic carbocycles. The van der Waals surface area contributed by atoms with E-state index in [1.807, 2.05) is 18.2 Å². The Hall–Kier alpha value is -0.810. The first kappa shape index (κ1) is 18.2. The number of ether oxygens (including phenoxy) is 3. The second kappa shape index (κ2) is 10.9. The second-order valence-electron chi connectivity index (χ2n) is 4.78. The van der Waals surface area contributed by atoms with Crippen molar-refractivity contribution in [2.24, 2.45) is 0 Å². The van der Waals surface area contributed by atoms with Gasteiger partial charge in [0.15, 0.2) is 0 Å². The van der Waals surface area contributed by atoms with Gasteiger partial charge in [-0.3, -0.25) is 0 Å². The van der Waals surface area contributed by atoms with Gasteiger partial charge < -0.3 is 19.5 Å². The summed E-state index contributed by atoms with van der Waals surface area (Å²) in [5.41, 5.74) is 1.16. The molecule has 1 rings (SSSR count). The van der Waals surface area contributed by atoms with E-state index in [1.165, 1.54) is 0 Å². The molecular formula is C16H26ClNO3. The van der Waals surface area contributed by atoms with Crippen LogP contribution in [0, 0.1) is 0 Å². The van der Waals surface area contributed by atoms with Gasteiger partial charge in [0.25, 0.3) is 0 Å². The predicted molar refractivity (Wildman–Crippen MR) is 86.4 cm³/mol. The van der Waals surface area contributed by atoms with Gasteiger partial charge in [0, 0.05) is 26.2 Å². The summed E-state index contributed by atoms with van der Waals surface area (Å²) in [6, 6.07) is 6.22. The minimum atomic E-state index is 0.288. The largest absolute Gasteiger partial charge is 0.492 e. The third kappa shape index (κ3) is 7.14. The van der Waals surface area contributed by atoms with Crippen LogP contribution < -0.4 is 10.1 Å². The van der Waals surface area contributed by atoms with E-state index in [4.69, 9.17) is 25.8 Å². The highest BCUT2D eigenvalue weighted by Gasteiger charge is 2.08. The number of rotatable bonds is 11. The van der Waals surface area contributed by atoms with Crippen molar-refractivity contribution in [1.29, 1.82) is 0 Å². The first-order chi connectivity index (χ1) is 10.2. The summed E-state index contributed by atoms with van der Waals surface area (Å²) in [5.74, 6) is 0.723. The molecule has 1 aromatic rings. The molecule has 1 atom stereocenters. The van der Waals surface area contributed by atoms with Gasteiger partial charge in [0.2, 0.25) is 0 Å². The fourth-order valence-corrected chi connectivity index (χ4v) is 2.16. The Morgan fingerprint density at radius 2 is 2.00 bits per heavy atom. The fourth-order valence-electron chi connectivity index (χ4n) is 1.91. The molecule has 5 heteroatoms. The molecule has 0 saturated carbocycles. The number of methoxy groups -OCH3 is 1. The Balaban J connectivity index is 2.32. The topological polar surface area (TPSA) is 39.7 Å². The average molecular weight is 316 g/mol. The predicted octanol–water partition coefficient (Wildman–Crippen LogP) is 3.44. The van der Waals surface area contributed by atoms with E-state index in [0.29, 0.717) is 31.5 Å². The summed E-state index contributed by atoms with van der Waals surface area (Å²) < 4.78 is 16.0. The van der Waals surface area contributed by atoms with Crippen LogP contribution in [0.2, 0.25) is 5.02 Å². The van der Waals surface area contributed by atoms with E-state index in [-0.39, 0.29) is 6.04 Å². The smallest absolute Gasteiger partial charge is 0.137 e. The Bertz CT molecular complexity index is 401. The molecule has 0 radical (unpaired) electrons. The number of benzene rings is 1. The molecule has 1 N–H and O–H groups in total. The van der Waals surface area contributed by atoms with E-state index in [0.717, 1.165) is 24.3 Å². The minimum absolute atomic E-state index is 0.288. The lowest BCUT2D eigenvalue weighted by molar-refractivity contribution is 0.0644. The SMILES string of the molecule is CCNC(C)c1ccc(OCCCOCCOC)c(Cl)c1. The number of halogens is 1. The van der Waals surface area contributed by atoms with Gasteiger partial charge in [0.05, 0.1) is 24.8 Å². The van der Waals surface area contributed by atoms with Gasteiger partial charge in [-0.15, -0.1) is 0 Å². The van der Waals surface area contributed by atoms with E-state index < -0.39 is 0 Å². The van der Waals surface area contributed by atoms with Crippen LogP contribution in [-0.4, -0.2) is 40.1 Å². The van der Waals surface area contributed by atoms with Crippen molar-refractivity contribution in [3.63, 3.8) is 0 Å². The van der Waals surface area contributed by atoms with Crippen molar-refractivity contribution in [2.45, 2.75) is 26.3 Å². The highest BCUT2D eigenvalue weighted by Crippen LogP contribution is 2.28. The minimum Gasteiger partial charge on any atom is -0.492 e. The summed E-state index contributed by atoms with van der Waals surface area (Å²) in [5, 5.41) is 4.01. The summed E-state index contributed by atoms with van der Waals surface area (Å²) in [6.07, 6.45) is 0.829. The molecule has 0 bridgehead atoms. The molecule has 1 unspecified atom stereocenters. The van der Waals surface area contributed by atoms with Crippen LogP contribution in [0.5, 0.6) is 5.75 Å². The molecule has 0 aliphatic carbocycles. The lowest BCUT2D eigenvalue weighted by Crippen LogP contribution is -2.17. The van der Waals surface area contributed by atoms with Crippen molar-refractivity contribution in [1.82, 2.24) is 5.32 Å². The average Bonchev–Trinajstić information content (AvgIpc) is 2.48. The van der Waals surface area contributed by atoms with E-state index in [2.05, 4.69) is 19.2 Å². The molecule has 21 heavy (non-hydrogen) atoms. The molecule has 0 spiro atoms. The van der Waals surface area contributed by atoms with Gasteiger partial charge in [0.1, 0.15) is 5.75 Å². The number of hydrogen-bond donors (Lipinski definition) is 1. The first-order valence-electron chi connectivity index (χ1n) is 7.41. The van der Waals surface area contributed by atoms with Crippen LogP contribution in [-0.2, 0) is 9.47 Å². The van der Waals surface area contributed by atoms with Crippen LogP contribution in [0.3, 0.4) is 0 Å². The molecule has 0 aromatic heterocycles. The molecule has 120 valence electrons. The van der Waals surface area contributed by atoms with Crippen LogP contribution >= 0.6 is 11.6 Å². The zero-order valence-corrected chi connectivity index (χ0v) is 13.9. The highest BCUT2D eigenvalue weighted by atomic mass is 35.5. The van der Waals surface area contributed by atoms with E-state index in [1.54, 1.807) is 7.11 Å². The van der Waals surface area contributed by atoms with Gasteiger partial charge in [-0.1, -0.05) is 24.6 Å². The maximum absolute atomic E-state index is 6.25. The Labute approximate surface area is 132 Å². The van der Waals surface area contributed by atoms with Gasteiger partial charge >= 0.3 is 0 Å². The van der Waals surface area contributed by atoms with Gasteiger partial charge in [-0.2, -0.15) is 0 Å². The van der Waals surface area contributed by atoms with Crippen LogP contribution in [0.1, 0.15) is 31.9 Å². The van der Waals surface area contributed by atoms with E-state index >= 15 is 0 Å². The lowest BCUT2D eigenvalue weighted by atomic mass is 10.1. The Morgan fingerprint density at radius 3 is 2.67 bits per heavy atom. The molecule has 0 amide bonds.